The van der Waals surface area contributed by atoms with Gasteiger partial charge in [0.05, 0.1) is 40.7 Å². The Hall–Kier alpha value is -2.82. The maximum absolute atomic E-state index is 14.1. The normalized spacial score (nSPS) is 13.8. The monoisotopic (exact) mass is 478 g/mol. The summed E-state index contributed by atoms with van der Waals surface area (Å²) in [7, 11) is 0. The molecule has 0 spiro atoms. The third kappa shape index (κ3) is 5.95. The molecular weight excluding hydrogens is 451 g/mol. The number of fused-ring (bicyclic) bond motifs is 1. The van der Waals surface area contributed by atoms with Crippen molar-refractivity contribution in [2.24, 2.45) is 5.92 Å². The Kier molecular flexibility index (Phi) is 7.51. The lowest BCUT2D eigenvalue weighted by Gasteiger charge is -2.23. The van der Waals surface area contributed by atoms with Gasteiger partial charge in [-0.1, -0.05) is 25.4 Å². The highest BCUT2D eigenvalue weighted by Gasteiger charge is 2.27. The van der Waals surface area contributed by atoms with E-state index in [1.165, 1.54) is 30.9 Å². The summed E-state index contributed by atoms with van der Waals surface area (Å²) in [4.78, 5) is 21.4. The summed E-state index contributed by atoms with van der Waals surface area (Å²) in [6.45, 7) is 6.23. The van der Waals surface area contributed by atoms with Gasteiger partial charge in [0.1, 0.15) is 6.17 Å². The minimum Gasteiger partial charge on any atom is -0.391 e. The van der Waals surface area contributed by atoms with Crippen molar-refractivity contribution in [1.82, 2.24) is 25.1 Å². The van der Waals surface area contributed by atoms with Crippen LogP contribution in [0.3, 0.4) is 0 Å². The third-order valence-corrected chi connectivity index (χ3v) is 5.41. The molecule has 0 aliphatic rings. The van der Waals surface area contributed by atoms with Crippen LogP contribution in [0.2, 0.25) is 5.02 Å². The van der Waals surface area contributed by atoms with E-state index in [-0.39, 0.29) is 24.6 Å². The van der Waals surface area contributed by atoms with Crippen molar-refractivity contribution in [3.05, 3.63) is 41.3 Å². The molecule has 3 heterocycles. The second-order valence-corrected chi connectivity index (χ2v) is 9.17. The number of halogens is 2. The molecule has 3 aromatic heterocycles. The van der Waals surface area contributed by atoms with Crippen molar-refractivity contribution in [1.29, 1.82) is 0 Å². The average Bonchev–Trinajstić information content (AvgIpc) is 3.17. The van der Waals surface area contributed by atoms with Crippen LogP contribution < -0.4 is 10.6 Å². The summed E-state index contributed by atoms with van der Waals surface area (Å²) in [6.07, 6.45) is 2.14. The summed E-state index contributed by atoms with van der Waals surface area (Å²) in [6, 6.07) is 3.33. The molecule has 2 atom stereocenters. The van der Waals surface area contributed by atoms with Crippen LogP contribution in [0.4, 0.5) is 10.1 Å². The molecule has 11 heteroatoms. The van der Waals surface area contributed by atoms with Crippen molar-refractivity contribution in [2.75, 3.05) is 18.4 Å². The molecule has 0 aliphatic heterocycles. The smallest absolute Gasteiger partial charge is 0.255 e. The molecule has 3 rings (SSSR count). The van der Waals surface area contributed by atoms with E-state index in [0.717, 1.165) is 5.39 Å². The fourth-order valence-electron chi connectivity index (χ4n) is 2.93. The van der Waals surface area contributed by atoms with Gasteiger partial charge in [0.2, 0.25) is 0 Å². The zero-order chi connectivity index (χ0) is 24.3. The molecule has 1 unspecified atom stereocenters. The van der Waals surface area contributed by atoms with Gasteiger partial charge in [-0.15, -0.1) is 0 Å². The topological polar surface area (TPSA) is 125 Å². The Labute approximate surface area is 196 Å². The number of hydrogen-bond donors (Lipinski definition) is 4. The zero-order valence-corrected chi connectivity index (χ0v) is 19.6. The number of nitrogens with one attached hydrogen (secondary N) is 2. The van der Waals surface area contributed by atoms with E-state index >= 15 is 0 Å². The molecule has 178 valence electrons. The van der Waals surface area contributed by atoms with E-state index in [9.17, 15) is 19.4 Å². The number of hydrogen-bond acceptors (Lipinski definition) is 7. The van der Waals surface area contributed by atoms with E-state index in [1.807, 2.05) is 13.8 Å². The molecule has 0 aliphatic carbocycles. The minimum atomic E-state index is -1.65. The molecule has 0 saturated carbocycles. The van der Waals surface area contributed by atoms with Crippen molar-refractivity contribution >= 4 is 34.2 Å². The number of aliphatic hydroxyl groups excluding tert-OH is 1. The van der Waals surface area contributed by atoms with Crippen LogP contribution >= 0.6 is 11.6 Å². The van der Waals surface area contributed by atoms with Crippen molar-refractivity contribution in [3.8, 4) is 5.82 Å². The van der Waals surface area contributed by atoms with Gasteiger partial charge in [-0.25, -0.2) is 14.4 Å². The van der Waals surface area contributed by atoms with Crippen LogP contribution in [-0.2, 0) is 0 Å². The number of aromatic nitrogens is 4. The van der Waals surface area contributed by atoms with Crippen LogP contribution in [-0.4, -0.2) is 66.8 Å². The van der Waals surface area contributed by atoms with Gasteiger partial charge >= 0.3 is 0 Å². The first-order valence-electron chi connectivity index (χ1n) is 10.5. The SMILES string of the molecule is CC(C)C(O)CNc1cc(-n2ncc3cc(Cl)cnc32)ncc1C(=O)NC[C@@H](F)C(C)(C)O. The van der Waals surface area contributed by atoms with Gasteiger partial charge in [-0.3, -0.25) is 4.79 Å². The number of nitrogens with zero attached hydrogens (tertiary/aromatic N) is 4. The van der Waals surface area contributed by atoms with E-state index in [1.54, 1.807) is 18.3 Å². The highest BCUT2D eigenvalue weighted by Crippen LogP contribution is 2.23. The maximum atomic E-state index is 14.1. The lowest BCUT2D eigenvalue weighted by Crippen LogP contribution is -2.42. The quantitative estimate of drug-likeness (QED) is 0.372. The predicted octanol–water partition coefficient (Wildman–Crippen LogP) is 2.74. The first-order valence-corrected chi connectivity index (χ1v) is 10.9. The molecule has 0 saturated heterocycles. The average molecular weight is 479 g/mol. The highest BCUT2D eigenvalue weighted by atomic mass is 35.5. The molecule has 4 N–H and O–H groups in total. The van der Waals surface area contributed by atoms with Gasteiger partial charge in [0, 0.05) is 30.4 Å². The van der Waals surface area contributed by atoms with E-state index in [4.69, 9.17) is 11.6 Å². The first kappa shape index (κ1) is 24.8. The first-order chi connectivity index (χ1) is 15.5. The fraction of sp³-hybridized carbons (Fsp3) is 0.455. The van der Waals surface area contributed by atoms with Crippen LogP contribution in [0.15, 0.2) is 30.7 Å². The van der Waals surface area contributed by atoms with Crippen LogP contribution in [0, 0.1) is 5.92 Å². The Morgan fingerprint density at radius 1 is 1.21 bits per heavy atom. The van der Waals surface area contributed by atoms with Gasteiger partial charge in [-0.05, 0) is 25.8 Å². The van der Waals surface area contributed by atoms with Crippen molar-refractivity contribution in [2.45, 2.75) is 45.6 Å². The molecule has 3 aromatic rings. The Morgan fingerprint density at radius 3 is 2.61 bits per heavy atom. The summed E-state index contributed by atoms with van der Waals surface area (Å²) in [5.74, 6) is -0.186. The summed E-state index contributed by atoms with van der Waals surface area (Å²) < 4.78 is 15.6. The zero-order valence-electron chi connectivity index (χ0n) is 18.9. The highest BCUT2D eigenvalue weighted by molar-refractivity contribution is 6.31. The number of amides is 1. The Morgan fingerprint density at radius 2 is 1.94 bits per heavy atom. The molecule has 33 heavy (non-hydrogen) atoms. The molecule has 0 bridgehead atoms. The van der Waals surface area contributed by atoms with Crippen LogP contribution in [0.5, 0.6) is 0 Å². The predicted molar refractivity (Wildman–Crippen MR) is 125 cm³/mol. The van der Waals surface area contributed by atoms with Crippen molar-refractivity contribution < 1.29 is 19.4 Å². The van der Waals surface area contributed by atoms with E-state index < -0.39 is 23.8 Å². The lowest BCUT2D eigenvalue weighted by atomic mass is 10.0. The minimum absolute atomic E-state index is 0.000766. The van der Waals surface area contributed by atoms with Crippen LogP contribution in [0.1, 0.15) is 38.1 Å². The summed E-state index contributed by atoms with van der Waals surface area (Å²) in [5, 5.41) is 31.0. The molecular formula is C22H28ClFN6O3. The standard InChI is InChI=1S/C22H28ClFN6O3/c1-12(2)17(31)10-25-16-6-19(30-20-13(7-29-30)5-14(23)8-27-20)26-9-15(16)21(32)28-11-18(24)22(3,4)33/h5-9,12,17-18,31,33H,10-11H2,1-4H3,(H,25,26)(H,28,32)/t17?,18-/m1/s1. The summed E-state index contributed by atoms with van der Waals surface area (Å²) in [5.41, 5.74) is -0.518. The number of pyridine rings is 2. The maximum Gasteiger partial charge on any atom is 0.255 e. The van der Waals surface area contributed by atoms with Gasteiger partial charge in [0.15, 0.2) is 11.5 Å². The third-order valence-electron chi connectivity index (χ3n) is 5.21. The Balaban J connectivity index is 1.92. The van der Waals surface area contributed by atoms with Crippen molar-refractivity contribution in [3.63, 3.8) is 0 Å². The lowest BCUT2D eigenvalue weighted by molar-refractivity contribution is -0.00177. The molecule has 0 radical (unpaired) electrons. The van der Waals surface area contributed by atoms with Gasteiger partial charge in [0.25, 0.3) is 5.91 Å². The molecule has 9 nitrogen and oxygen atoms in total. The second kappa shape index (κ2) is 9.98. The number of rotatable bonds is 9. The largest absolute Gasteiger partial charge is 0.391 e. The number of anilines is 1. The Bertz CT molecular complexity index is 1130. The molecule has 0 aromatic carbocycles. The van der Waals surface area contributed by atoms with Gasteiger partial charge < -0.3 is 20.8 Å². The molecule has 0 fully saturated rings. The molecule has 1 amide bonds. The van der Waals surface area contributed by atoms with E-state index in [2.05, 4.69) is 25.7 Å². The number of aliphatic hydroxyl groups is 2. The summed E-state index contributed by atoms with van der Waals surface area (Å²) >= 11 is 6.00. The number of carbonyl (C=O) groups is 1. The van der Waals surface area contributed by atoms with E-state index in [0.29, 0.717) is 22.2 Å². The van der Waals surface area contributed by atoms with Gasteiger partial charge in [-0.2, -0.15) is 9.78 Å². The fourth-order valence-corrected chi connectivity index (χ4v) is 3.09. The second-order valence-electron chi connectivity index (χ2n) is 8.73. The number of alkyl halides is 1. The van der Waals surface area contributed by atoms with Crippen LogP contribution in [0.25, 0.3) is 16.9 Å². The number of carbonyl (C=O) groups excluding carboxylic acids is 1.